The molecule has 1 aliphatic rings. The summed E-state index contributed by atoms with van der Waals surface area (Å²) in [6.07, 6.45) is 0.737. The summed E-state index contributed by atoms with van der Waals surface area (Å²) >= 11 is 9.49. The van der Waals surface area contributed by atoms with E-state index >= 15 is 0 Å². The number of thiol groups is 1. The summed E-state index contributed by atoms with van der Waals surface area (Å²) in [4.78, 5) is 14.6. The molecule has 1 saturated heterocycles. The highest BCUT2D eigenvalue weighted by Gasteiger charge is 2.27. The summed E-state index contributed by atoms with van der Waals surface area (Å²) in [7, 11) is 0. The van der Waals surface area contributed by atoms with E-state index in [1.807, 2.05) is 0 Å². The number of nitro groups is 1. The number of non-ortho nitro benzene ring substituents is 1. The molecule has 1 heterocycles. The number of nitrogens with zero attached hydrogens (tertiary/aromatic N) is 3. The van der Waals surface area contributed by atoms with Gasteiger partial charge < -0.3 is 10.0 Å². The largest absolute Gasteiger partial charge is 0.395 e. The van der Waals surface area contributed by atoms with Crippen LogP contribution in [0.15, 0.2) is 24.3 Å². The van der Waals surface area contributed by atoms with Crippen LogP contribution < -0.4 is 0 Å². The number of hydrogen-bond donors (Lipinski definition) is 2. The number of nitro benzene ring substituents is 1. The molecule has 1 N–H and O–H groups in total. The molecule has 0 bridgehead atoms. The van der Waals surface area contributed by atoms with E-state index in [4.69, 9.17) is 17.3 Å². The fourth-order valence-electron chi connectivity index (χ4n) is 2.72. The molecule has 2 rings (SSSR count). The maximum atomic E-state index is 10.7. The first kappa shape index (κ1) is 17.1. The monoisotopic (exact) mass is 341 g/mol. The average Bonchev–Trinajstić information content (AvgIpc) is 2.48. The molecule has 0 spiro atoms. The Balaban J connectivity index is 2.08. The average molecular weight is 341 g/mol. The smallest absolute Gasteiger partial charge is 0.269 e. The van der Waals surface area contributed by atoms with Gasteiger partial charge in [-0.3, -0.25) is 15.0 Å². The Morgan fingerprint density at radius 2 is 2.09 bits per heavy atom. The molecule has 1 aromatic rings. The first-order chi connectivity index (χ1) is 10.5. The van der Waals surface area contributed by atoms with Gasteiger partial charge in [0.25, 0.3) is 5.69 Å². The standard InChI is InChI=1S/C14H19N3O3S2/c18-8-7-15-5-6-16(14(21)22)13(10-15)9-11-1-3-12(4-2-11)17(19)20/h1-4,13,18H,5-10H2,(H,21,22). The summed E-state index contributed by atoms with van der Waals surface area (Å²) in [6.45, 7) is 3.19. The zero-order chi connectivity index (χ0) is 16.1. The van der Waals surface area contributed by atoms with Gasteiger partial charge in [0.15, 0.2) is 0 Å². The van der Waals surface area contributed by atoms with Crippen molar-refractivity contribution < 1.29 is 10.0 Å². The van der Waals surface area contributed by atoms with Gasteiger partial charge in [-0.05, 0) is 12.0 Å². The lowest BCUT2D eigenvalue weighted by molar-refractivity contribution is -0.384. The highest BCUT2D eigenvalue weighted by Crippen LogP contribution is 2.19. The molecular formula is C14H19N3O3S2. The van der Waals surface area contributed by atoms with Crippen molar-refractivity contribution in [3.05, 3.63) is 39.9 Å². The Labute approximate surface area is 140 Å². The fraction of sp³-hybridized carbons (Fsp3) is 0.500. The van der Waals surface area contributed by atoms with Crippen LogP contribution in [0.4, 0.5) is 5.69 Å². The molecule has 1 unspecified atom stereocenters. The molecule has 1 atom stereocenters. The number of β-amino-alcohol motifs (C(OH)–C–C–N with tert-alkyl or cyclic N) is 1. The van der Waals surface area contributed by atoms with Crippen molar-refractivity contribution in [3.63, 3.8) is 0 Å². The number of aliphatic hydroxyl groups excluding tert-OH is 1. The van der Waals surface area contributed by atoms with Crippen molar-refractivity contribution in [2.45, 2.75) is 12.5 Å². The summed E-state index contributed by atoms with van der Waals surface area (Å²) in [5, 5.41) is 19.8. The van der Waals surface area contributed by atoms with Gasteiger partial charge in [-0.1, -0.05) is 24.4 Å². The molecule has 120 valence electrons. The summed E-state index contributed by atoms with van der Waals surface area (Å²) in [5.41, 5.74) is 1.12. The molecule has 1 fully saturated rings. The summed E-state index contributed by atoms with van der Waals surface area (Å²) < 4.78 is 0.565. The molecule has 0 radical (unpaired) electrons. The van der Waals surface area contributed by atoms with E-state index in [1.165, 1.54) is 12.1 Å². The maximum absolute atomic E-state index is 10.7. The first-order valence-corrected chi connectivity index (χ1v) is 7.93. The third-order valence-corrected chi connectivity index (χ3v) is 4.34. The number of hydrogen-bond acceptors (Lipinski definition) is 5. The topological polar surface area (TPSA) is 69.8 Å². The van der Waals surface area contributed by atoms with Crippen molar-refractivity contribution in [1.82, 2.24) is 9.80 Å². The van der Waals surface area contributed by atoms with Gasteiger partial charge in [-0.25, -0.2) is 0 Å². The lowest BCUT2D eigenvalue weighted by Gasteiger charge is -2.42. The molecule has 0 saturated carbocycles. The van der Waals surface area contributed by atoms with Gasteiger partial charge in [-0.2, -0.15) is 0 Å². The van der Waals surface area contributed by atoms with Gasteiger partial charge >= 0.3 is 0 Å². The van der Waals surface area contributed by atoms with Crippen LogP contribution in [-0.4, -0.2) is 63.0 Å². The van der Waals surface area contributed by atoms with Crippen molar-refractivity contribution in [1.29, 1.82) is 0 Å². The van der Waals surface area contributed by atoms with Crippen LogP contribution in [0.25, 0.3) is 0 Å². The second-order valence-corrected chi connectivity index (χ2v) is 6.39. The fourth-order valence-corrected chi connectivity index (χ4v) is 3.22. The number of benzene rings is 1. The molecule has 22 heavy (non-hydrogen) atoms. The third kappa shape index (κ3) is 4.39. The van der Waals surface area contributed by atoms with E-state index in [9.17, 15) is 10.1 Å². The zero-order valence-electron chi connectivity index (χ0n) is 12.1. The van der Waals surface area contributed by atoms with Gasteiger partial charge in [0.05, 0.1) is 11.5 Å². The lowest BCUT2D eigenvalue weighted by atomic mass is 10.0. The predicted molar refractivity (Wildman–Crippen MR) is 92.4 cm³/mol. The lowest BCUT2D eigenvalue weighted by Crippen LogP contribution is -2.55. The van der Waals surface area contributed by atoms with E-state index in [0.29, 0.717) is 10.9 Å². The highest BCUT2D eigenvalue weighted by atomic mass is 32.1. The van der Waals surface area contributed by atoms with Crippen molar-refractivity contribution >= 4 is 34.9 Å². The predicted octanol–water partition coefficient (Wildman–Crippen LogP) is 1.33. The third-order valence-electron chi connectivity index (χ3n) is 3.85. The minimum atomic E-state index is -0.400. The number of aliphatic hydroxyl groups is 1. The van der Waals surface area contributed by atoms with Crippen molar-refractivity contribution in [2.75, 3.05) is 32.8 Å². The first-order valence-electron chi connectivity index (χ1n) is 7.07. The van der Waals surface area contributed by atoms with E-state index in [1.54, 1.807) is 12.1 Å². The molecule has 0 aromatic heterocycles. The molecule has 1 aromatic carbocycles. The Morgan fingerprint density at radius 1 is 1.41 bits per heavy atom. The molecule has 8 heteroatoms. The quantitative estimate of drug-likeness (QED) is 0.364. The minimum Gasteiger partial charge on any atom is -0.395 e. The normalized spacial score (nSPS) is 19.2. The highest BCUT2D eigenvalue weighted by molar-refractivity contribution is 8.10. The second-order valence-electron chi connectivity index (χ2n) is 5.28. The minimum absolute atomic E-state index is 0.0934. The molecule has 1 aliphatic heterocycles. The van der Waals surface area contributed by atoms with Crippen LogP contribution >= 0.6 is 24.8 Å². The van der Waals surface area contributed by atoms with Crippen LogP contribution in [0.3, 0.4) is 0 Å². The van der Waals surface area contributed by atoms with Crippen LogP contribution in [0.5, 0.6) is 0 Å². The summed E-state index contributed by atoms with van der Waals surface area (Å²) in [6, 6.07) is 6.76. The van der Waals surface area contributed by atoms with Crippen LogP contribution in [-0.2, 0) is 6.42 Å². The Morgan fingerprint density at radius 3 is 2.64 bits per heavy atom. The Kier molecular flexibility index (Phi) is 6.13. The van der Waals surface area contributed by atoms with E-state index in [0.717, 1.165) is 31.6 Å². The maximum Gasteiger partial charge on any atom is 0.269 e. The van der Waals surface area contributed by atoms with Gasteiger partial charge in [-0.15, -0.1) is 12.6 Å². The second kappa shape index (κ2) is 7.87. The molecule has 0 amide bonds. The number of piperazine rings is 1. The van der Waals surface area contributed by atoms with Crippen LogP contribution in [0.2, 0.25) is 0 Å². The number of rotatable bonds is 5. The van der Waals surface area contributed by atoms with E-state index < -0.39 is 4.92 Å². The molecular weight excluding hydrogens is 322 g/mol. The van der Waals surface area contributed by atoms with Gasteiger partial charge in [0, 0.05) is 44.4 Å². The SMILES string of the molecule is O=[N+]([O-])c1ccc(CC2CN(CCO)CCN2C(=S)S)cc1. The van der Waals surface area contributed by atoms with Crippen molar-refractivity contribution in [2.24, 2.45) is 0 Å². The molecule has 6 nitrogen and oxygen atoms in total. The Bertz CT molecular complexity index is 539. The van der Waals surface area contributed by atoms with E-state index in [2.05, 4.69) is 22.4 Å². The Hall–Kier alpha value is -1.22. The summed E-state index contributed by atoms with van der Waals surface area (Å²) in [5.74, 6) is 0. The van der Waals surface area contributed by atoms with Crippen LogP contribution in [0.1, 0.15) is 5.56 Å². The van der Waals surface area contributed by atoms with Crippen molar-refractivity contribution in [3.8, 4) is 0 Å². The molecule has 0 aliphatic carbocycles. The zero-order valence-corrected chi connectivity index (χ0v) is 13.8. The van der Waals surface area contributed by atoms with E-state index in [-0.39, 0.29) is 18.3 Å². The van der Waals surface area contributed by atoms with Gasteiger partial charge in [0.1, 0.15) is 4.32 Å². The number of thiocarbonyl (C=S) groups is 1. The van der Waals surface area contributed by atoms with Gasteiger partial charge in [0.2, 0.25) is 0 Å². The van der Waals surface area contributed by atoms with Crippen LogP contribution in [0, 0.1) is 10.1 Å².